The number of piperidine rings is 2. The minimum absolute atomic E-state index is 0.0661. The van der Waals surface area contributed by atoms with Gasteiger partial charge in [0, 0.05) is 13.1 Å². The van der Waals surface area contributed by atoms with Crippen LogP contribution in [0.5, 0.6) is 0 Å². The first-order valence-corrected chi connectivity index (χ1v) is 9.73. The van der Waals surface area contributed by atoms with Crippen LogP contribution in [0.4, 0.5) is 0 Å². The minimum Gasteiger partial charge on any atom is -0.461 e. The van der Waals surface area contributed by atoms with Gasteiger partial charge in [0.05, 0.1) is 11.8 Å². The number of hydrogen-bond donors (Lipinski definition) is 2. The lowest BCUT2D eigenvalue weighted by molar-refractivity contribution is -0.168. The Kier molecular flexibility index (Phi) is 5.08. The molecule has 6 heteroatoms. The highest BCUT2D eigenvalue weighted by atomic mass is 16.6. The fourth-order valence-corrected chi connectivity index (χ4v) is 4.79. The van der Waals surface area contributed by atoms with Gasteiger partial charge in [-0.15, -0.1) is 0 Å². The summed E-state index contributed by atoms with van der Waals surface area (Å²) in [5.74, 6) is -0.933. The fourth-order valence-electron chi connectivity index (χ4n) is 4.79. The van der Waals surface area contributed by atoms with Crippen molar-refractivity contribution in [3.63, 3.8) is 0 Å². The van der Waals surface area contributed by atoms with Crippen LogP contribution in [0.15, 0.2) is 12.2 Å². The van der Waals surface area contributed by atoms with E-state index in [0.717, 1.165) is 45.2 Å². The molecule has 0 aromatic carbocycles. The van der Waals surface area contributed by atoms with Crippen molar-refractivity contribution in [3.8, 4) is 0 Å². The van der Waals surface area contributed by atoms with Crippen molar-refractivity contribution in [2.45, 2.75) is 44.3 Å². The van der Waals surface area contributed by atoms with Crippen LogP contribution in [0.3, 0.4) is 0 Å². The van der Waals surface area contributed by atoms with Crippen LogP contribution < -0.4 is 10.6 Å². The number of esters is 2. The van der Waals surface area contributed by atoms with Gasteiger partial charge in [0.1, 0.15) is 12.2 Å². The zero-order chi connectivity index (χ0) is 17.2. The number of allylic oxidation sites excluding steroid dienone is 2. The summed E-state index contributed by atoms with van der Waals surface area (Å²) in [5.41, 5.74) is 0. The van der Waals surface area contributed by atoms with Gasteiger partial charge in [-0.2, -0.15) is 0 Å². The van der Waals surface area contributed by atoms with Crippen LogP contribution in [0, 0.1) is 23.7 Å². The number of ether oxygens (including phenoxy) is 2. The Bertz CT molecular complexity index is 492. The quantitative estimate of drug-likeness (QED) is 0.583. The summed E-state index contributed by atoms with van der Waals surface area (Å²) in [7, 11) is 0. The molecule has 138 valence electrons. The highest BCUT2D eigenvalue weighted by Gasteiger charge is 2.53. The molecule has 25 heavy (non-hydrogen) atoms. The van der Waals surface area contributed by atoms with Crippen molar-refractivity contribution >= 4 is 11.9 Å². The molecule has 2 N–H and O–H groups in total. The summed E-state index contributed by atoms with van der Waals surface area (Å²) >= 11 is 0. The second kappa shape index (κ2) is 7.46. The Morgan fingerprint density at radius 3 is 1.68 bits per heavy atom. The van der Waals surface area contributed by atoms with E-state index >= 15 is 0 Å². The maximum Gasteiger partial charge on any atom is 0.310 e. The van der Waals surface area contributed by atoms with Crippen molar-refractivity contribution in [2.24, 2.45) is 23.7 Å². The zero-order valence-electron chi connectivity index (χ0n) is 14.6. The SMILES string of the molecule is O=C(OC1CCCNC1)C1C2C=CC(C2)C1C(=O)OC1CCCNC1. The molecule has 6 atom stereocenters. The number of hydrogen-bond acceptors (Lipinski definition) is 6. The molecule has 2 aliphatic carbocycles. The van der Waals surface area contributed by atoms with Crippen molar-refractivity contribution in [1.82, 2.24) is 10.6 Å². The molecule has 1 saturated carbocycles. The average molecular weight is 348 g/mol. The van der Waals surface area contributed by atoms with E-state index in [9.17, 15) is 9.59 Å². The van der Waals surface area contributed by atoms with Gasteiger partial charge >= 0.3 is 11.9 Å². The molecule has 0 aromatic rings. The van der Waals surface area contributed by atoms with Crippen molar-refractivity contribution in [3.05, 3.63) is 12.2 Å². The predicted molar refractivity (Wildman–Crippen MR) is 91.7 cm³/mol. The molecule has 3 fully saturated rings. The summed E-state index contributed by atoms with van der Waals surface area (Å²) in [6.45, 7) is 3.39. The molecule has 6 unspecified atom stereocenters. The Morgan fingerprint density at radius 2 is 1.28 bits per heavy atom. The second-order valence-electron chi connectivity index (χ2n) is 7.81. The smallest absolute Gasteiger partial charge is 0.310 e. The molecule has 0 spiro atoms. The van der Waals surface area contributed by atoms with E-state index in [1.165, 1.54) is 0 Å². The molecule has 4 aliphatic rings. The topological polar surface area (TPSA) is 76.7 Å². The van der Waals surface area contributed by atoms with Crippen LogP contribution in [-0.2, 0) is 19.1 Å². The summed E-state index contributed by atoms with van der Waals surface area (Å²) in [6.07, 6.45) is 8.75. The lowest BCUT2D eigenvalue weighted by Crippen LogP contribution is -2.43. The molecule has 2 aliphatic heterocycles. The van der Waals surface area contributed by atoms with Gasteiger partial charge in [-0.05, 0) is 57.0 Å². The molecule has 0 amide bonds. The number of carbonyl (C=O) groups excluding carboxylic acids is 2. The summed E-state index contributed by atoms with van der Waals surface area (Å²) in [5, 5.41) is 6.53. The third-order valence-corrected chi connectivity index (χ3v) is 6.07. The van der Waals surface area contributed by atoms with Gasteiger partial charge < -0.3 is 20.1 Å². The van der Waals surface area contributed by atoms with Gasteiger partial charge in [-0.25, -0.2) is 0 Å². The van der Waals surface area contributed by atoms with Crippen LogP contribution in [-0.4, -0.2) is 50.3 Å². The van der Waals surface area contributed by atoms with Crippen molar-refractivity contribution in [2.75, 3.05) is 26.2 Å². The van der Waals surface area contributed by atoms with Gasteiger partial charge in [0.15, 0.2) is 0 Å². The molecule has 4 rings (SSSR count). The zero-order valence-corrected chi connectivity index (χ0v) is 14.6. The number of nitrogens with one attached hydrogen (secondary N) is 2. The van der Waals surface area contributed by atoms with Gasteiger partial charge in [0.2, 0.25) is 0 Å². The Labute approximate surface area is 148 Å². The normalized spacial score (nSPS) is 40.0. The third kappa shape index (κ3) is 3.60. The molecule has 6 nitrogen and oxygen atoms in total. The maximum absolute atomic E-state index is 12.8. The Hall–Kier alpha value is -1.40. The van der Waals surface area contributed by atoms with E-state index in [1.807, 2.05) is 0 Å². The van der Waals surface area contributed by atoms with E-state index in [0.29, 0.717) is 13.1 Å². The summed E-state index contributed by atoms with van der Waals surface area (Å²) in [4.78, 5) is 25.6. The highest BCUT2D eigenvalue weighted by molar-refractivity contribution is 5.84. The molecular formula is C19H28N2O4. The van der Waals surface area contributed by atoms with E-state index in [4.69, 9.17) is 9.47 Å². The summed E-state index contributed by atoms with van der Waals surface area (Å²) < 4.78 is 11.5. The molecule has 2 heterocycles. The first-order valence-electron chi connectivity index (χ1n) is 9.73. The first kappa shape index (κ1) is 17.0. The monoisotopic (exact) mass is 348 g/mol. The maximum atomic E-state index is 12.8. The minimum atomic E-state index is -0.374. The van der Waals surface area contributed by atoms with Crippen molar-refractivity contribution in [1.29, 1.82) is 0 Å². The van der Waals surface area contributed by atoms with Crippen LogP contribution in [0.25, 0.3) is 0 Å². The predicted octanol–water partition coefficient (Wildman–Crippen LogP) is 1.02. The molecule has 2 saturated heterocycles. The Balaban J connectivity index is 1.41. The standard InChI is InChI=1S/C19H28N2O4/c22-18(24-14-3-1-7-20-10-14)16-12-5-6-13(9-12)17(16)19(23)25-15-4-2-8-21-11-15/h5-6,12-17,20-21H,1-4,7-11H2. The lowest BCUT2D eigenvalue weighted by atomic mass is 9.83. The number of fused-ring (bicyclic) bond motifs is 2. The highest BCUT2D eigenvalue weighted by Crippen LogP contribution is 2.49. The average Bonchev–Trinajstić information content (AvgIpc) is 3.24. The second-order valence-corrected chi connectivity index (χ2v) is 7.81. The van der Waals surface area contributed by atoms with E-state index in [-0.39, 0.29) is 47.8 Å². The molecule has 2 bridgehead atoms. The van der Waals surface area contributed by atoms with Gasteiger partial charge in [-0.3, -0.25) is 9.59 Å². The van der Waals surface area contributed by atoms with E-state index in [1.54, 1.807) is 0 Å². The lowest BCUT2D eigenvalue weighted by Gasteiger charge is -2.30. The number of rotatable bonds is 4. The number of carbonyl (C=O) groups is 2. The van der Waals surface area contributed by atoms with Crippen LogP contribution >= 0.6 is 0 Å². The molecular weight excluding hydrogens is 320 g/mol. The van der Waals surface area contributed by atoms with Crippen molar-refractivity contribution < 1.29 is 19.1 Å². The van der Waals surface area contributed by atoms with Gasteiger partial charge in [0.25, 0.3) is 0 Å². The Morgan fingerprint density at radius 1 is 0.800 bits per heavy atom. The molecule has 0 radical (unpaired) electrons. The van der Waals surface area contributed by atoms with Crippen LogP contribution in [0.2, 0.25) is 0 Å². The largest absolute Gasteiger partial charge is 0.461 e. The fraction of sp³-hybridized carbons (Fsp3) is 0.789. The summed E-state index contributed by atoms with van der Waals surface area (Å²) in [6, 6.07) is 0. The third-order valence-electron chi connectivity index (χ3n) is 6.07. The van der Waals surface area contributed by atoms with E-state index < -0.39 is 0 Å². The van der Waals surface area contributed by atoms with E-state index in [2.05, 4.69) is 22.8 Å². The van der Waals surface area contributed by atoms with Crippen LogP contribution in [0.1, 0.15) is 32.1 Å². The first-order chi connectivity index (χ1) is 12.2. The molecule has 0 aromatic heterocycles. The van der Waals surface area contributed by atoms with Gasteiger partial charge in [-0.1, -0.05) is 12.2 Å².